The molecule has 20 heavy (non-hydrogen) atoms. The zero-order chi connectivity index (χ0) is 14.5. The maximum atomic E-state index is 11.9. The molecule has 2 atom stereocenters. The fraction of sp³-hybridized carbons (Fsp3) is 0.562. The lowest BCUT2D eigenvalue weighted by Crippen LogP contribution is -2.20. The maximum Gasteiger partial charge on any atom is 0.353 e. The minimum atomic E-state index is -1.36. The Kier molecular flexibility index (Phi) is 5.49. The van der Waals surface area contributed by atoms with E-state index in [1.165, 1.54) is 37.7 Å². The topological polar surface area (TPSA) is 60.4 Å². The van der Waals surface area contributed by atoms with Gasteiger partial charge in [0.25, 0.3) is 0 Å². The molecule has 110 valence electrons. The van der Waals surface area contributed by atoms with E-state index in [0.717, 1.165) is 5.56 Å². The third-order valence-corrected chi connectivity index (χ3v) is 5.73. The van der Waals surface area contributed by atoms with Crippen molar-refractivity contribution in [2.75, 3.05) is 5.75 Å². The summed E-state index contributed by atoms with van der Waals surface area (Å²) in [5, 5.41) is 8.47. The Hall–Kier alpha value is -1.00. The fourth-order valence-corrected chi connectivity index (χ4v) is 3.83. The second kappa shape index (κ2) is 7.14. The number of hydrogen-bond donors (Lipinski definition) is 1. The van der Waals surface area contributed by atoms with Gasteiger partial charge in [-0.25, -0.2) is 4.79 Å². The summed E-state index contributed by atoms with van der Waals surface area (Å²) >= 11 is -1.36. The van der Waals surface area contributed by atoms with E-state index < -0.39 is 17.1 Å². The highest BCUT2D eigenvalue weighted by atomic mass is 32.2. The van der Waals surface area contributed by atoms with E-state index in [1.807, 2.05) is 19.1 Å². The standard InChI is InChI=1S/C16H22O3S/c1-12(20(19)11-16(17)18)13-7-9-15(10-8-13)14-5-3-2-4-6-14/h7-10,12,14H,2-6,11H2,1H3,(H,17,18). The molecule has 1 aromatic rings. The molecule has 1 N–H and O–H groups in total. The third kappa shape index (κ3) is 4.00. The van der Waals surface area contributed by atoms with Crippen LogP contribution in [0.1, 0.15) is 61.3 Å². The summed E-state index contributed by atoms with van der Waals surface area (Å²) in [5.41, 5.74) is 2.33. The summed E-state index contributed by atoms with van der Waals surface area (Å²) in [4.78, 5) is 10.6. The van der Waals surface area contributed by atoms with Crippen molar-refractivity contribution >= 4 is 17.1 Å². The molecule has 0 radical (unpaired) electrons. The molecule has 1 aliphatic rings. The quantitative estimate of drug-likeness (QED) is 0.844. The molecule has 1 saturated carbocycles. The zero-order valence-corrected chi connectivity index (χ0v) is 12.7. The SMILES string of the molecule is CC(c1ccc(C2CCCCC2)cc1)[S+]([O-])CC(=O)O. The van der Waals surface area contributed by atoms with Crippen LogP contribution in [0.25, 0.3) is 0 Å². The first-order chi connectivity index (χ1) is 9.58. The summed E-state index contributed by atoms with van der Waals surface area (Å²) in [5.74, 6) is -0.627. The van der Waals surface area contributed by atoms with Crippen molar-refractivity contribution < 1.29 is 14.5 Å². The highest BCUT2D eigenvalue weighted by molar-refractivity contribution is 7.92. The fourth-order valence-electron chi connectivity index (χ4n) is 2.87. The zero-order valence-electron chi connectivity index (χ0n) is 11.9. The highest BCUT2D eigenvalue weighted by Gasteiger charge is 2.23. The van der Waals surface area contributed by atoms with E-state index in [-0.39, 0.29) is 11.0 Å². The molecule has 0 bridgehead atoms. The monoisotopic (exact) mass is 294 g/mol. The minimum absolute atomic E-state index is 0.230. The van der Waals surface area contributed by atoms with Gasteiger partial charge in [-0.05, 0) is 42.4 Å². The Labute approximate surface area is 123 Å². The molecular weight excluding hydrogens is 272 g/mol. The molecule has 1 fully saturated rings. The molecule has 0 aliphatic heterocycles. The molecule has 2 unspecified atom stereocenters. The Morgan fingerprint density at radius 1 is 1.30 bits per heavy atom. The van der Waals surface area contributed by atoms with Gasteiger partial charge in [0.05, 0.1) is 0 Å². The molecule has 2 rings (SSSR count). The van der Waals surface area contributed by atoms with E-state index in [4.69, 9.17) is 5.11 Å². The van der Waals surface area contributed by atoms with Gasteiger partial charge in [-0.2, -0.15) is 0 Å². The Morgan fingerprint density at radius 2 is 1.90 bits per heavy atom. The summed E-state index contributed by atoms with van der Waals surface area (Å²) in [6.45, 7) is 1.83. The van der Waals surface area contributed by atoms with Crippen molar-refractivity contribution in [2.24, 2.45) is 0 Å². The number of rotatable bonds is 5. The van der Waals surface area contributed by atoms with Crippen molar-refractivity contribution in [1.29, 1.82) is 0 Å². The summed E-state index contributed by atoms with van der Waals surface area (Å²) in [6.07, 6.45) is 6.50. The van der Waals surface area contributed by atoms with E-state index in [2.05, 4.69) is 12.1 Å². The number of carboxylic acids is 1. The lowest BCUT2D eigenvalue weighted by atomic mass is 9.84. The minimum Gasteiger partial charge on any atom is -0.615 e. The van der Waals surface area contributed by atoms with Gasteiger partial charge in [0.15, 0.2) is 0 Å². The second-order valence-corrected chi connectivity index (χ2v) is 7.32. The van der Waals surface area contributed by atoms with E-state index in [9.17, 15) is 9.35 Å². The summed E-state index contributed by atoms with van der Waals surface area (Å²) in [7, 11) is 0. The highest BCUT2D eigenvalue weighted by Crippen LogP contribution is 2.33. The molecule has 4 heteroatoms. The molecule has 0 saturated heterocycles. The van der Waals surface area contributed by atoms with Crippen LogP contribution in [0.3, 0.4) is 0 Å². The molecular formula is C16H22O3S. The van der Waals surface area contributed by atoms with E-state index in [1.54, 1.807) is 0 Å². The first-order valence-electron chi connectivity index (χ1n) is 7.26. The van der Waals surface area contributed by atoms with Gasteiger partial charge in [0.2, 0.25) is 5.75 Å². The number of aliphatic carboxylic acids is 1. The smallest absolute Gasteiger partial charge is 0.353 e. The van der Waals surface area contributed by atoms with Gasteiger partial charge in [-0.1, -0.05) is 43.5 Å². The van der Waals surface area contributed by atoms with Crippen LogP contribution in [0.2, 0.25) is 0 Å². The first-order valence-corrected chi connectivity index (χ1v) is 8.65. The van der Waals surface area contributed by atoms with Crippen molar-refractivity contribution in [3.63, 3.8) is 0 Å². The Balaban J connectivity index is 2.01. The molecule has 3 nitrogen and oxygen atoms in total. The molecule has 0 heterocycles. The van der Waals surface area contributed by atoms with Crippen LogP contribution in [0.4, 0.5) is 0 Å². The average molecular weight is 294 g/mol. The van der Waals surface area contributed by atoms with Crippen LogP contribution >= 0.6 is 0 Å². The third-order valence-electron chi connectivity index (χ3n) is 4.14. The van der Waals surface area contributed by atoms with E-state index >= 15 is 0 Å². The van der Waals surface area contributed by atoms with E-state index in [0.29, 0.717) is 5.92 Å². The number of hydrogen-bond acceptors (Lipinski definition) is 2. The van der Waals surface area contributed by atoms with Crippen LogP contribution < -0.4 is 0 Å². The average Bonchev–Trinajstić information content (AvgIpc) is 2.47. The van der Waals surface area contributed by atoms with Gasteiger partial charge in [-0.3, -0.25) is 0 Å². The first kappa shape index (κ1) is 15.4. The van der Waals surface area contributed by atoms with Crippen LogP contribution in [0.15, 0.2) is 24.3 Å². The number of benzene rings is 1. The van der Waals surface area contributed by atoms with Crippen molar-refractivity contribution in [2.45, 2.75) is 50.2 Å². The summed E-state index contributed by atoms with van der Waals surface area (Å²) in [6, 6.07) is 8.27. The number of carbonyl (C=O) groups is 1. The van der Waals surface area contributed by atoms with Crippen LogP contribution in [0.5, 0.6) is 0 Å². The molecule has 0 amide bonds. The normalized spacial score (nSPS) is 19.5. The largest absolute Gasteiger partial charge is 0.615 e. The Morgan fingerprint density at radius 3 is 2.45 bits per heavy atom. The van der Waals surface area contributed by atoms with Gasteiger partial charge in [0.1, 0.15) is 5.25 Å². The van der Waals surface area contributed by atoms with Gasteiger partial charge < -0.3 is 9.66 Å². The van der Waals surface area contributed by atoms with Gasteiger partial charge in [0, 0.05) is 5.56 Å². The van der Waals surface area contributed by atoms with Crippen LogP contribution in [0, 0.1) is 0 Å². The maximum absolute atomic E-state index is 11.9. The van der Waals surface area contributed by atoms with Crippen LogP contribution in [-0.2, 0) is 16.0 Å². The van der Waals surface area contributed by atoms with Crippen molar-refractivity contribution in [3.05, 3.63) is 35.4 Å². The predicted molar refractivity (Wildman–Crippen MR) is 81.3 cm³/mol. The summed E-state index contributed by atoms with van der Waals surface area (Å²) < 4.78 is 11.9. The van der Waals surface area contributed by atoms with Crippen molar-refractivity contribution in [3.8, 4) is 0 Å². The molecule has 0 spiro atoms. The van der Waals surface area contributed by atoms with Crippen molar-refractivity contribution in [1.82, 2.24) is 0 Å². The second-order valence-electron chi connectivity index (χ2n) is 5.56. The van der Waals surface area contributed by atoms with Gasteiger partial charge in [-0.15, -0.1) is 0 Å². The van der Waals surface area contributed by atoms with Crippen LogP contribution in [-0.4, -0.2) is 21.4 Å². The lowest BCUT2D eigenvalue weighted by molar-refractivity contribution is -0.134. The molecule has 1 aromatic carbocycles. The van der Waals surface area contributed by atoms with Gasteiger partial charge >= 0.3 is 5.97 Å². The molecule has 1 aliphatic carbocycles. The molecule has 0 aromatic heterocycles. The predicted octanol–water partition coefficient (Wildman–Crippen LogP) is 3.63. The Bertz CT molecular complexity index is 438. The lowest BCUT2D eigenvalue weighted by Gasteiger charge is -2.23. The number of carboxylic acid groups (broad SMARTS) is 1.